The molecule has 0 N–H and O–H groups in total. The maximum atomic E-state index is 3.90. The van der Waals surface area contributed by atoms with Crippen LogP contribution in [-0.2, 0) is 0 Å². The molecule has 78 valence electrons. The average Bonchev–Trinajstić information content (AvgIpc) is 2.21. The van der Waals surface area contributed by atoms with Crippen LogP contribution in [0.15, 0.2) is 30.8 Å². The van der Waals surface area contributed by atoms with Crippen molar-refractivity contribution in [2.24, 2.45) is 0 Å². The number of allylic oxidation sites excluding steroid dienone is 1. The van der Waals surface area contributed by atoms with E-state index in [-0.39, 0.29) is 0 Å². The molecule has 0 aromatic heterocycles. The monoisotopic (exact) mass is 190 g/mol. The van der Waals surface area contributed by atoms with Crippen LogP contribution in [0.3, 0.4) is 0 Å². The van der Waals surface area contributed by atoms with E-state index in [0.29, 0.717) is 5.92 Å². The number of benzene rings is 1. The lowest BCUT2D eigenvalue weighted by Crippen LogP contribution is -1.86. The first kappa shape index (κ1) is 13.0. The molecular weight excluding hydrogens is 168 g/mol. The molecule has 1 aromatic carbocycles. The highest BCUT2D eigenvalue weighted by Crippen LogP contribution is 2.17. The maximum absolute atomic E-state index is 3.90. The van der Waals surface area contributed by atoms with E-state index in [1.807, 2.05) is 20.8 Å². The summed E-state index contributed by atoms with van der Waals surface area (Å²) in [6, 6.07) is 8.62. The van der Waals surface area contributed by atoms with Crippen molar-refractivity contribution in [3.8, 4) is 0 Å². The van der Waals surface area contributed by atoms with Crippen molar-refractivity contribution >= 4 is 5.57 Å². The van der Waals surface area contributed by atoms with Gasteiger partial charge in [0.15, 0.2) is 0 Å². The minimum absolute atomic E-state index is 0.615. The minimum Gasteiger partial charge on any atom is -0.0955 e. The van der Waals surface area contributed by atoms with Crippen LogP contribution < -0.4 is 0 Å². The van der Waals surface area contributed by atoms with Gasteiger partial charge in [-0.3, -0.25) is 0 Å². The Morgan fingerprint density at radius 2 is 1.50 bits per heavy atom. The molecule has 0 amide bonds. The molecule has 0 atom stereocenters. The number of hydrogen-bond donors (Lipinski definition) is 0. The van der Waals surface area contributed by atoms with Gasteiger partial charge in [-0.15, -0.1) is 0 Å². The summed E-state index contributed by atoms with van der Waals surface area (Å²) in [6.45, 7) is 14.3. The summed E-state index contributed by atoms with van der Waals surface area (Å²) in [5, 5.41) is 0. The molecule has 0 bridgehead atoms. The lowest BCUT2D eigenvalue weighted by Gasteiger charge is -2.06. The van der Waals surface area contributed by atoms with E-state index in [4.69, 9.17) is 0 Å². The van der Waals surface area contributed by atoms with E-state index in [1.54, 1.807) is 0 Å². The normalized spacial score (nSPS) is 9.29. The minimum atomic E-state index is 0.615. The van der Waals surface area contributed by atoms with Crippen LogP contribution in [0.5, 0.6) is 0 Å². The predicted octanol–water partition coefficient (Wildman–Crippen LogP) is 4.87. The van der Waals surface area contributed by atoms with Crippen LogP contribution >= 0.6 is 0 Å². The molecule has 0 aliphatic heterocycles. The van der Waals surface area contributed by atoms with Crippen LogP contribution in [0, 0.1) is 0 Å². The molecule has 0 saturated heterocycles. The Hall–Kier alpha value is -1.04. The Morgan fingerprint density at radius 3 is 1.79 bits per heavy atom. The van der Waals surface area contributed by atoms with Gasteiger partial charge in [-0.2, -0.15) is 0 Å². The summed E-state index contributed by atoms with van der Waals surface area (Å²) in [6.07, 6.45) is 0. The number of hydrogen-bond acceptors (Lipinski definition) is 0. The first-order valence-electron chi connectivity index (χ1n) is 5.37. The van der Waals surface area contributed by atoms with Gasteiger partial charge < -0.3 is 0 Å². The molecule has 0 spiro atoms. The fraction of sp³-hybridized carbons (Fsp3) is 0.429. The van der Waals surface area contributed by atoms with Crippen LogP contribution in [0.25, 0.3) is 5.57 Å². The second-order valence-corrected chi connectivity index (χ2v) is 3.56. The highest BCUT2D eigenvalue weighted by Gasteiger charge is 1.98. The average molecular weight is 190 g/mol. The lowest BCUT2D eigenvalue weighted by molar-refractivity contribution is 0.866. The molecule has 0 aliphatic carbocycles. The van der Waals surface area contributed by atoms with Crippen LogP contribution in [0.1, 0.15) is 51.7 Å². The third kappa shape index (κ3) is 3.78. The van der Waals surface area contributed by atoms with Crippen LogP contribution in [0.4, 0.5) is 0 Å². The van der Waals surface area contributed by atoms with Gasteiger partial charge in [0.25, 0.3) is 0 Å². The Morgan fingerprint density at radius 1 is 1.07 bits per heavy atom. The van der Waals surface area contributed by atoms with Crippen molar-refractivity contribution in [3.05, 3.63) is 42.0 Å². The molecule has 0 fully saturated rings. The topological polar surface area (TPSA) is 0 Å². The Kier molecular flexibility index (Phi) is 5.94. The molecule has 1 aromatic rings. The van der Waals surface area contributed by atoms with E-state index in [9.17, 15) is 0 Å². The second-order valence-electron chi connectivity index (χ2n) is 3.56. The van der Waals surface area contributed by atoms with E-state index < -0.39 is 0 Å². The molecule has 1 rings (SSSR count). The predicted molar refractivity (Wildman–Crippen MR) is 66.6 cm³/mol. The van der Waals surface area contributed by atoms with Crippen molar-refractivity contribution in [2.45, 2.75) is 40.5 Å². The Bertz CT molecular complexity index is 265. The van der Waals surface area contributed by atoms with Gasteiger partial charge in [0.1, 0.15) is 0 Å². The van der Waals surface area contributed by atoms with Gasteiger partial charge in [-0.05, 0) is 24.0 Å². The highest BCUT2D eigenvalue weighted by atomic mass is 14.0. The molecule has 0 saturated carbocycles. The summed E-state index contributed by atoms with van der Waals surface area (Å²) in [5.41, 5.74) is 3.75. The molecule has 0 nitrogen and oxygen atoms in total. The van der Waals surface area contributed by atoms with Crippen molar-refractivity contribution in [1.29, 1.82) is 0 Å². The summed E-state index contributed by atoms with van der Waals surface area (Å²) in [7, 11) is 0. The molecule has 0 radical (unpaired) electrons. The van der Waals surface area contributed by atoms with Crippen LogP contribution in [0.2, 0.25) is 0 Å². The first-order valence-corrected chi connectivity index (χ1v) is 5.37. The third-order valence-corrected chi connectivity index (χ3v) is 2.07. The molecule has 0 heterocycles. The van der Waals surface area contributed by atoms with Gasteiger partial charge in [0.05, 0.1) is 0 Å². The van der Waals surface area contributed by atoms with Gasteiger partial charge in [0.2, 0.25) is 0 Å². The van der Waals surface area contributed by atoms with Gasteiger partial charge >= 0.3 is 0 Å². The fourth-order valence-corrected chi connectivity index (χ4v) is 1.15. The van der Waals surface area contributed by atoms with Gasteiger partial charge in [-0.1, -0.05) is 64.1 Å². The van der Waals surface area contributed by atoms with E-state index in [0.717, 1.165) is 5.57 Å². The van der Waals surface area contributed by atoms with Gasteiger partial charge in [0, 0.05) is 0 Å². The first-order chi connectivity index (χ1) is 6.61. The van der Waals surface area contributed by atoms with Crippen molar-refractivity contribution in [1.82, 2.24) is 0 Å². The SMILES string of the molecule is C=C(C)c1ccc(C(C)C)cc1.CC. The van der Waals surface area contributed by atoms with Crippen LogP contribution in [-0.4, -0.2) is 0 Å². The highest BCUT2D eigenvalue weighted by molar-refractivity contribution is 5.61. The van der Waals surface area contributed by atoms with Crippen molar-refractivity contribution in [3.63, 3.8) is 0 Å². The quantitative estimate of drug-likeness (QED) is 0.624. The molecule has 0 heteroatoms. The summed E-state index contributed by atoms with van der Waals surface area (Å²) in [4.78, 5) is 0. The standard InChI is InChI=1S/C12H16.C2H6/c1-9(2)11-5-7-12(8-6-11)10(3)4;1-2/h5-8,10H,1H2,2-4H3;1-2H3. The summed E-state index contributed by atoms with van der Waals surface area (Å²) >= 11 is 0. The Labute approximate surface area is 88.7 Å². The summed E-state index contributed by atoms with van der Waals surface area (Å²) in [5.74, 6) is 0.615. The van der Waals surface area contributed by atoms with Gasteiger partial charge in [-0.25, -0.2) is 0 Å². The van der Waals surface area contributed by atoms with E-state index >= 15 is 0 Å². The molecule has 14 heavy (non-hydrogen) atoms. The smallest absolute Gasteiger partial charge is 0.0219 e. The maximum Gasteiger partial charge on any atom is -0.0219 e. The van der Waals surface area contributed by atoms with Crippen molar-refractivity contribution < 1.29 is 0 Å². The van der Waals surface area contributed by atoms with Crippen molar-refractivity contribution in [2.75, 3.05) is 0 Å². The lowest BCUT2D eigenvalue weighted by atomic mass is 10.00. The number of rotatable bonds is 2. The fourth-order valence-electron chi connectivity index (χ4n) is 1.15. The zero-order valence-corrected chi connectivity index (χ0v) is 10.1. The third-order valence-electron chi connectivity index (χ3n) is 2.07. The van der Waals surface area contributed by atoms with E-state index in [2.05, 4.69) is 44.7 Å². The van der Waals surface area contributed by atoms with E-state index in [1.165, 1.54) is 11.1 Å². The zero-order chi connectivity index (χ0) is 11.1. The molecular formula is C14H22. The Balaban J connectivity index is 0.000000791. The molecule has 0 aliphatic rings. The largest absolute Gasteiger partial charge is 0.0955 e. The summed E-state index contributed by atoms with van der Waals surface area (Å²) < 4.78 is 0. The zero-order valence-electron chi connectivity index (χ0n) is 10.1. The second kappa shape index (κ2) is 6.42. The molecule has 0 unspecified atom stereocenters.